The summed E-state index contributed by atoms with van der Waals surface area (Å²) in [5.74, 6) is 0.478. The highest BCUT2D eigenvalue weighted by molar-refractivity contribution is 14.1. The number of carbonyl (C=O) groups excluding carboxylic acids is 2. The molecule has 0 fully saturated rings. The molecule has 0 aliphatic heterocycles. The van der Waals surface area contributed by atoms with Gasteiger partial charge in [0.05, 0.1) is 11.0 Å². The molecule has 0 amide bonds. The summed E-state index contributed by atoms with van der Waals surface area (Å²) < 4.78 is 5.89. The van der Waals surface area contributed by atoms with Gasteiger partial charge in [-0.2, -0.15) is 0 Å². The van der Waals surface area contributed by atoms with Crippen molar-refractivity contribution in [1.29, 1.82) is 0 Å². The van der Waals surface area contributed by atoms with E-state index in [1.54, 1.807) is 0 Å². The van der Waals surface area contributed by atoms with Crippen molar-refractivity contribution in [3.05, 3.63) is 0 Å². The zero-order chi connectivity index (χ0) is 12.6. The van der Waals surface area contributed by atoms with Gasteiger partial charge in [0.1, 0.15) is 11.6 Å². The number of hydrogen-bond donors (Lipinski definition) is 0. The second kappa shape index (κ2) is 8.17. The van der Waals surface area contributed by atoms with Crippen LogP contribution < -0.4 is 0 Å². The summed E-state index contributed by atoms with van der Waals surface area (Å²) in [7, 11) is 0. The van der Waals surface area contributed by atoms with Crippen molar-refractivity contribution >= 4 is 34.2 Å². The molecule has 0 atom stereocenters. The maximum atomic E-state index is 11.5. The van der Waals surface area contributed by atoms with Gasteiger partial charge in [0.2, 0.25) is 0 Å². The standard InChI is InChI=1S/C12H21IO3/c1-12(2,3)11(15)6-8-16-7-4-5-10(14)9-13/h4-9H2,1-3H3. The Morgan fingerprint density at radius 1 is 1.12 bits per heavy atom. The molecule has 16 heavy (non-hydrogen) atoms. The maximum Gasteiger partial charge on any atom is 0.142 e. The summed E-state index contributed by atoms with van der Waals surface area (Å²) in [6.07, 6.45) is 1.80. The molecule has 0 bridgehead atoms. The third kappa shape index (κ3) is 8.21. The van der Waals surface area contributed by atoms with Crippen LogP contribution in [0.4, 0.5) is 0 Å². The van der Waals surface area contributed by atoms with Gasteiger partial charge in [0, 0.05) is 24.9 Å². The van der Waals surface area contributed by atoms with Crippen LogP contribution in [0.5, 0.6) is 0 Å². The second-order valence-corrected chi connectivity index (χ2v) is 5.57. The van der Waals surface area contributed by atoms with Crippen molar-refractivity contribution < 1.29 is 14.3 Å². The van der Waals surface area contributed by atoms with Crippen LogP contribution in [-0.4, -0.2) is 29.2 Å². The molecule has 0 aromatic carbocycles. The fourth-order valence-corrected chi connectivity index (χ4v) is 1.46. The zero-order valence-electron chi connectivity index (χ0n) is 10.3. The number of halogens is 1. The van der Waals surface area contributed by atoms with Gasteiger partial charge < -0.3 is 4.74 Å². The molecule has 3 nitrogen and oxygen atoms in total. The van der Waals surface area contributed by atoms with E-state index in [1.165, 1.54) is 0 Å². The first-order valence-corrected chi connectivity index (χ1v) is 7.09. The van der Waals surface area contributed by atoms with Crippen LogP contribution in [0.15, 0.2) is 0 Å². The Morgan fingerprint density at radius 2 is 1.75 bits per heavy atom. The Balaban J connectivity index is 3.41. The molecule has 0 radical (unpaired) electrons. The highest BCUT2D eigenvalue weighted by atomic mass is 127. The molecule has 4 heteroatoms. The van der Waals surface area contributed by atoms with E-state index in [1.807, 2.05) is 20.8 Å². The lowest BCUT2D eigenvalue weighted by Gasteiger charge is -2.16. The number of alkyl halides is 1. The number of ether oxygens (including phenoxy) is 1. The minimum Gasteiger partial charge on any atom is -0.381 e. The molecule has 0 spiro atoms. The van der Waals surface area contributed by atoms with Crippen LogP contribution in [0.3, 0.4) is 0 Å². The monoisotopic (exact) mass is 340 g/mol. The van der Waals surface area contributed by atoms with Crippen LogP contribution in [0.1, 0.15) is 40.0 Å². The van der Waals surface area contributed by atoms with Gasteiger partial charge in [-0.3, -0.25) is 9.59 Å². The summed E-state index contributed by atoms with van der Waals surface area (Å²) in [5.41, 5.74) is -0.277. The molecular formula is C12H21IO3. The molecule has 0 rings (SSSR count). The first-order chi connectivity index (χ1) is 7.38. The molecule has 0 unspecified atom stereocenters. The van der Waals surface area contributed by atoms with Crippen molar-refractivity contribution in [2.75, 3.05) is 17.6 Å². The summed E-state index contributed by atoms with van der Waals surface area (Å²) in [6.45, 7) is 6.77. The van der Waals surface area contributed by atoms with Crippen LogP contribution in [-0.2, 0) is 14.3 Å². The largest absolute Gasteiger partial charge is 0.381 e. The average Bonchev–Trinajstić information content (AvgIpc) is 2.20. The van der Waals surface area contributed by atoms with Gasteiger partial charge in [-0.05, 0) is 6.42 Å². The molecule has 0 aliphatic carbocycles. The molecule has 94 valence electrons. The Labute approximate surface area is 111 Å². The van der Waals surface area contributed by atoms with Crippen LogP contribution >= 0.6 is 22.6 Å². The van der Waals surface area contributed by atoms with Crippen molar-refractivity contribution in [2.45, 2.75) is 40.0 Å². The number of Topliss-reactive ketones (excluding diaryl/α,β-unsaturated/α-hetero) is 2. The van der Waals surface area contributed by atoms with E-state index in [0.29, 0.717) is 30.5 Å². The minimum absolute atomic E-state index is 0.218. The van der Waals surface area contributed by atoms with Crippen LogP contribution in [0.2, 0.25) is 0 Å². The number of hydrogen-bond acceptors (Lipinski definition) is 3. The van der Waals surface area contributed by atoms with Gasteiger partial charge in [-0.1, -0.05) is 43.4 Å². The predicted octanol–water partition coefficient (Wildman–Crippen LogP) is 2.79. The van der Waals surface area contributed by atoms with E-state index in [9.17, 15) is 9.59 Å². The number of ketones is 2. The van der Waals surface area contributed by atoms with E-state index in [-0.39, 0.29) is 17.0 Å². The Hall–Kier alpha value is 0.0300. The van der Waals surface area contributed by atoms with Gasteiger partial charge in [-0.25, -0.2) is 0 Å². The van der Waals surface area contributed by atoms with Gasteiger partial charge in [0.15, 0.2) is 0 Å². The predicted molar refractivity (Wildman–Crippen MR) is 73.0 cm³/mol. The second-order valence-electron chi connectivity index (χ2n) is 4.81. The Morgan fingerprint density at radius 3 is 2.25 bits per heavy atom. The summed E-state index contributed by atoms with van der Waals surface area (Å²) in [6, 6.07) is 0. The summed E-state index contributed by atoms with van der Waals surface area (Å²) >= 11 is 2.06. The lowest BCUT2D eigenvalue weighted by atomic mass is 9.89. The minimum atomic E-state index is -0.277. The van der Waals surface area contributed by atoms with E-state index in [0.717, 1.165) is 6.42 Å². The first kappa shape index (κ1) is 16.0. The molecule has 0 aliphatic rings. The van der Waals surface area contributed by atoms with E-state index >= 15 is 0 Å². The average molecular weight is 340 g/mol. The van der Waals surface area contributed by atoms with Crippen molar-refractivity contribution in [3.8, 4) is 0 Å². The molecule has 0 heterocycles. The van der Waals surface area contributed by atoms with E-state index < -0.39 is 0 Å². The summed E-state index contributed by atoms with van der Waals surface area (Å²) in [5, 5.41) is 0. The third-order valence-electron chi connectivity index (χ3n) is 2.20. The molecule has 0 saturated heterocycles. The fraction of sp³-hybridized carbons (Fsp3) is 0.833. The zero-order valence-corrected chi connectivity index (χ0v) is 12.5. The number of rotatable bonds is 8. The van der Waals surface area contributed by atoms with E-state index in [4.69, 9.17) is 4.74 Å². The van der Waals surface area contributed by atoms with Gasteiger partial charge in [-0.15, -0.1) is 0 Å². The first-order valence-electron chi connectivity index (χ1n) is 5.56. The quantitative estimate of drug-likeness (QED) is 0.388. The van der Waals surface area contributed by atoms with Crippen molar-refractivity contribution in [3.63, 3.8) is 0 Å². The molecule has 0 aromatic heterocycles. The lowest BCUT2D eigenvalue weighted by molar-refractivity contribution is -0.127. The van der Waals surface area contributed by atoms with Crippen molar-refractivity contribution in [1.82, 2.24) is 0 Å². The smallest absolute Gasteiger partial charge is 0.142 e. The highest BCUT2D eigenvalue weighted by Gasteiger charge is 2.20. The van der Waals surface area contributed by atoms with Gasteiger partial charge in [0.25, 0.3) is 0 Å². The van der Waals surface area contributed by atoms with Crippen molar-refractivity contribution in [2.24, 2.45) is 5.41 Å². The summed E-state index contributed by atoms with van der Waals surface area (Å²) in [4.78, 5) is 22.5. The maximum absolute atomic E-state index is 11.5. The van der Waals surface area contributed by atoms with Crippen LogP contribution in [0, 0.1) is 5.41 Å². The molecular weight excluding hydrogens is 319 g/mol. The van der Waals surface area contributed by atoms with Gasteiger partial charge >= 0.3 is 0 Å². The van der Waals surface area contributed by atoms with E-state index in [2.05, 4.69) is 22.6 Å². The number of carbonyl (C=O) groups is 2. The SMILES string of the molecule is CC(C)(C)C(=O)CCOCCCC(=O)CI. The Bertz CT molecular complexity index is 231. The topological polar surface area (TPSA) is 43.4 Å². The third-order valence-corrected chi connectivity index (χ3v) is 3.05. The van der Waals surface area contributed by atoms with Crippen LogP contribution in [0.25, 0.3) is 0 Å². The molecule has 0 N–H and O–H groups in total. The molecule has 0 saturated carbocycles. The Kier molecular flexibility index (Phi) is 8.18. The highest BCUT2D eigenvalue weighted by Crippen LogP contribution is 2.16. The lowest BCUT2D eigenvalue weighted by Crippen LogP contribution is -2.21. The normalized spacial score (nSPS) is 11.5. The molecule has 0 aromatic rings. The fourth-order valence-electron chi connectivity index (χ4n) is 1.08.